The summed E-state index contributed by atoms with van der Waals surface area (Å²) in [6.07, 6.45) is -3.24. The molecule has 0 saturated carbocycles. The topological polar surface area (TPSA) is 43.8 Å². The van der Waals surface area contributed by atoms with E-state index < -0.39 is 18.8 Å². The molecule has 0 aliphatic carbocycles. The van der Waals surface area contributed by atoms with Crippen molar-refractivity contribution in [3.63, 3.8) is 0 Å². The number of alkyl halides is 3. The van der Waals surface area contributed by atoms with Crippen LogP contribution >= 0.6 is 11.6 Å². The van der Waals surface area contributed by atoms with Crippen LogP contribution < -0.4 is 0 Å². The summed E-state index contributed by atoms with van der Waals surface area (Å²) in [7, 11) is 0. The zero-order chi connectivity index (χ0) is 17.5. The number of hydrogen-bond donors (Lipinski definition) is 1. The van der Waals surface area contributed by atoms with Gasteiger partial charge in [0, 0.05) is 24.7 Å². The highest BCUT2D eigenvalue weighted by molar-refractivity contribution is 6.30. The van der Waals surface area contributed by atoms with Gasteiger partial charge in [0.15, 0.2) is 0 Å². The van der Waals surface area contributed by atoms with Crippen LogP contribution in [0.25, 0.3) is 0 Å². The lowest BCUT2D eigenvalue weighted by Crippen LogP contribution is -2.38. The van der Waals surface area contributed by atoms with E-state index in [9.17, 15) is 23.1 Å². The Labute approximate surface area is 142 Å². The van der Waals surface area contributed by atoms with Crippen molar-refractivity contribution in [1.29, 1.82) is 0 Å². The number of benzene rings is 1. The van der Waals surface area contributed by atoms with E-state index in [1.165, 1.54) is 9.80 Å². The minimum Gasteiger partial charge on any atom is -0.465 e. The number of likely N-dealkylation sites (tertiary alicyclic amines) is 1. The van der Waals surface area contributed by atoms with Gasteiger partial charge in [-0.2, -0.15) is 13.2 Å². The van der Waals surface area contributed by atoms with E-state index in [0.717, 1.165) is 23.1 Å². The Morgan fingerprint density at radius 3 is 2.75 bits per heavy atom. The van der Waals surface area contributed by atoms with Crippen molar-refractivity contribution in [2.24, 2.45) is 0 Å². The molecule has 0 aromatic heterocycles. The summed E-state index contributed by atoms with van der Waals surface area (Å²) in [4.78, 5) is 14.2. The number of fused-ring (bicyclic) bond motifs is 1. The van der Waals surface area contributed by atoms with Gasteiger partial charge in [0.05, 0.1) is 12.6 Å². The first-order valence-corrected chi connectivity index (χ1v) is 8.22. The molecule has 4 nitrogen and oxygen atoms in total. The van der Waals surface area contributed by atoms with Gasteiger partial charge in [0.1, 0.15) is 0 Å². The van der Waals surface area contributed by atoms with Crippen molar-refractivity contribution in [2.45, 2.75) is 38.0 Å². The van der Waals surface area contributed by atoms with Gasteiger partial charge in [0.2, 0.25) is 0 Å². The lowest BCUT2D eigenvalue weighted by Gasteiger charge is -2.33. The second kappa shape index (κ2) is 6.44. The highest BCUT2D eigenvalue weighted by Gasteiger charge is 2.35. The summed E-state index contributed by atoms with van der Waals surface area (Å²) >= 11 is 6.16. The predicted molar refractivity (Wildman–Crippen MR) is 83.2 cm³/mol. The molecule has 24 heavy (non-hydrogen) atoms. The fraction of sp³-hybridized carbons (Fsp3) is 0.562. The molecule has 1 atom stereocenters. The Morgan fingerprint density at radius 2 is 2.08 bits per heavy atom. The normalized spacial score (nSPS) is 21.8. The summed E-state index contributed by atoms with van der Waals surface area (Å²) in [5, 5.41) is 9.79. The molecule has 132 valence electrons. The largest absolute Gasteiger partial charge is 0.465 e. The Bertz CT molecular complexity index is 651. The van der Waals surface area contributed by atoms with Gasteiger partial charge in [-0.25, -0.2) is 4.79 Å². The lowest BCUT2D eigenvalue weighted by atomic mass is 9.90. The summed E-state index contributed by atoms with van der Waals surface area (Å²) < 4.78 is 37.9. The predicted octanol–water partition coefficient (Wildman–Crippen LogP) is 4.08. The molecule has 1 amide bonds. The average Bonchev–Trinajstić information content (AvgIpc) is 2.93. The second-order valence-corrected chi connectivity index (χ2v) is 6.78. The number of nitrogens with zero attached hydrogens (tertiary/aromatic N) is 2. The van der Waals surface area contributed by atoms with Crippen molar-refractivity contribution in [3.8, 4) is 0 Å². The molecule has 1 aromatic rings. The SMILES string of the molecule is O=C(O)N1CCC[C@H]1c1cc(Cl)cc2c1CCN(CC(F)(F)F)C2. The van der Waals surface area contributed by atoms with Crippen molar-refractivity contribution >= 4 is 17.7 Å². The molecular formula is C16H18ClF3N2O2. The molecule has 1 saturated heterocycles. The first kappa shape index (κ1) is 17.4. The highest BCUT2D eigenvalue weighted by atomic mass is 35.5. The van der Waals surface area contributed by atoms with Crippen LogP contribution in [-0.2, 0) is 13.0 Å². The third kappa shape index (κ3) is 3.62. The maximum absolute atomic E-state index is 12.6. The minimum atomic E-state index is -4.23. The number of halogens is 4. The third-order valence-electron chi connectivity index (χ3n) is 4.67. The van der Waals surface area contributed by atoms with Gasteiger partial charge in [-0.3, -0.25) is 4.90 Å². The van der Waals surface area contributed by atoms with E-state index in [1.807, 2.05) is 0 Å². The zero-order valence-electron chi connectivity index (χ0n) is 12.9. The molecule has 0 bridgehead atoms. The van der Waals surface area contributed by atoms with Crippen LogP contribution in [0.4, 0.5) is 18.0 Å². The van der Waals surface area contributed by atoms with Crippen molar-refractivity contribution in [3.05, 3.63) is 33.8 Å². The standard InChI is InChI=1S/C16H18ClF3N2O2/c17-11-6-10-8-21(9-16(18,19)20)5-3-12(10)13(7-11)14-2-1-4-22(14)15(23)24/h6-7,14H,1-5,8-9H2,(H,23,24)/t14-/m0/s1. The molecule has 0 unspecified atom stereocenters. The number of amides is 1. The van der Waals surface area contributed by atoms with Gasteiger partial charge in [-0.15, -0.1) is 0 Å². The second-order valence-electron chi connectivity index (χ2n) is 6.34. The van der Waals surface area contributed by atoms with Crippen LogP contribution in [0.5, 0.6) is 0 Å². The Kier molecular flexibility index (Phi) is 4.66. The smallest absolute Gasteiger partial charge is 0.407 e. The number of carbonyl (C=O) groups is 1. The molecule has 2 aliphatic rings. The molecule has 1 fully saturated rings. The fourth-order valence-electron chi connectivity index (χ4n) is 3.76. The summed E-state index contributed by atoms with van der Waals surface area (Å²) in [6.45, 7) is 0.0174. The van der Waals surface area contributed by atoms with Crippen LogP contribution in [0.2, 0.25) is 5.02 Å². The molecule has 2 heterocycles. The highest BCUT2D eigenvalue weighted by Crippen LogP contribution is 2.38. The first-order valence-electron chi connectivity index (χ1n) is 7.84. The van der Waals surface area contributed by atoms with Gasteiger partial charge >= 0.3 is 12.3 Å². The zero-order valence-corrected chi connectivity index (χ0v) is 13.7. The van der Waals surface area contributed by atoms with E-state index in [0.29, 0.717) is 31.0 Å². The van der Waals surface area contributed by atoms with E-state index in [2.05, 4.69) is 0 Å². The van der Waals surface area contributed by atoms with Crippen LogP contribution in [0.15, 0.2) is 12.1 Å². The molecule has 3 rings (SSSR count). The van der Waals surface area contributed by atoms with Gasteiger partial charge in [-0.05, 0) is 48.1 Å². The van der Waals surface area contributed by atoms with Gasteiger partial charge in [0.25, 0.3) is 0 Å². The van der Waals surface area contributed by atoms with Crippen LogP contribution in [-0.4, -0.2) is 46.8 Å². The Balaban J connectivity index is 1.90. The van der Waals surface area contributed by atoms with Crippen LogP contribution in [0.3, 0.4) is 0 Å². The van der Waals surface area contributed by atoms with E-state index in [4.69, 9.17) is 11.6 Å². The van der Waals surface area contributed by atoms with E-state index in [1.54, 1.807) is 12.1 Å². The van der Waals surface area contributed by atoms with Crippen molar-refractivity contribution < 1.29 is 23.1 Å². The number of carboxylic acid groups (broad SMARTS) is 1. The number of rotatable bonds is 2. The third-order valence-corrected chi connectivity index (χ3v) is 4.89. The van der Waals surface area contributed by atoms with Crippen LogP contribution in [0, 0.1) is 0 Å². The monoisotopic (exact) mass is 362 g/mol. The number of hydrogen-bond acceptors (Lipinski definition) is 2. The summed E-state index contributed by atoms with van der Waals surface area (Å²) in [5.74, 6) is 0. The lowest BCUT2D eigenvalue weighted by molar-refractivity contribution is -0.147. The first-order chi connectivity index (χ1) is 11.2. The maximum Gasteiger partial charge on any atom is 0.407 e. The van der Waals surface area contributed by atoms with E-state index >= 15 is 0 Å². The van der Waals surface area contributed by atoms with Crippen molar-refractivity contribution in [1.82, 2.24) is 9.80 Å². The van der Waals surface area contributed by atoms with E-state index in [-0.39, 0.29) is 12.6 Å². The maximum atomic E-state index is 12.6. The molecule has 1 aromatic carbocycles. The van der Waals surface area contributed by atoms with Gasteiger partial charge in [-0.1, -0.05) is 11.6 Å². The van der Waals surface area contributed by atoms with Gasteiger partial charge < -0.3 is 10.0 Å². The molecule has 2 aliphatic heterocycles. The van der Waals surface area contributed by atoms with Crippen molar-refractivity contribution in [2.75, 3.05) is 19.6 Å². The molecule has 0 radical (unpaired) electrons. The molecule has 8 heteroatoms. The average molecular weight is 363 g/mol. The summed E-state index contributed by atoms with van der Waals surface area (Å²) in [5.41, 5.74) is 2.57. The minimum absolute atomic E-state index is 0.183. The summed E-state index contributed by atoms with van der Waals surface area (Å²) in [6, 6.07) is 3.21. The molecule has 0 spiro atoms. The molecular weight excluding hydrogens is 345 g/mol. The Hall–Kier alpha value is -1.47. The molecule has 1 N–H and O–H groups in total. The Morgan fingerprint density at radius 1 is 1.33 bits per heavy atom. The fourth-order valence-corrected chi connectivity index (χ4v) is 4.01. The quantitative estimate of drug-likeness (QED) is 0.862. The van der Waals surface area contributed by atoms with Crippen LogP contribution in [0.1, 0.15) is 35.6 Å².